The van der Waals surface area contributed by atoms with Gasteiger partial charge in [0.15, 0.2) is 0 Å². The van der Waals surface area contributed by atoms with Crippen LogP contribution in [0.15, 0.2) is 0 Å². The van der Waals surface area contributed by atoms with Crippen molar-refractivity contribution in [3.63, 3.8) is 0 Å². The summed E-state index contributed by atoms with van der Waals surface area (Å²) in [5.74, 6) is -1.67. The van der Waals surface area contributed by atoms with Gasteiger partial charge >= 0.3 is 17.8 Å². The predicted octanol–water partition coefficient (Wildman–Crippen LogP) is -0.118. The van der Waals surface area contributed by atoms with Crippen LogP contribution in [0.5, 0.6) is 0 Å². The molecule has 1 aliphatic heterocycles. The molecule has 1 N–H and O–H groups in total. The number of nitrogens with one attached hydrogen (secondary N) is 1. The Morgan fingerprint density at radius 3 is 2.53 bits per heavy atom. The van der Waals surface area contributed by atoms with E-state index in [2.05, 4.69) is 0 Å². The molecule has 6 nitrogen and oxygen atoms in total. The molecule has 0 aliphatic carbocycles. The number of nitrogens with zero attached hydrogens (tertiary/aromatic N) is 1. The maximum Gasteiger partial charge on any atom is 0.331 e. The van der Waals surface area contributed by atoms with Gasteiger partial charge in [-0.25, -0.2) is 4.79 Å². The van der Waals surface area contributed by atoms with Crippen LogP contribution in [0, 0.1) is 0 Å². The Kier molecular flexibility index (Phi) is 4.23. The zero-order chi connectivity index (χ0) is 11.3. The molecule has 0 bridgehead atoms. The molecule has 0 spiro atoms. The highest BCUT2D eigenvalue weighted by molar-refractivity contribution is 6.44. The van der Waals surface area contributed by atoms with Crippen LogP contribution in [0.1, 0.15) is 19.8 Å². The second kappa shape index (κ2) is 5.45. The molecule has 0 aromatic rings. The zero-order valence-corrected chi connectivity index (χ0v) is 8.62. The first-order valence-corrected chi connectivity index (χ1v) is 4.91. The van der Waals surface area contributed by atoms with Gasteiger partial charge in [-0.15, -0.1) is 0 Å². The summed E-state index contributed by atoms with van der Waals surface area (Å²) in [5, 5.41) is 1.91. The Bertz CT molecular complexity index is 277. The summed E-state index contributed by atoms with van der Waals surface area (Å²) in [6.07, 6.45) is 1.97. The lowest BCUT2D eigenvalue weighted by molar-refractivity contribution is -0.140. The topological polar surface area (TPSA) is 75.7 Å². The molecule has 0 atom stereocenters. The van der Waals surface area contributed by atoms with Gasteiger partial charge < -0.3 is 4.74 Å². The van der Waals surface area contributed by atoms with E-state index in [0.29, 0.717) is 6.61 Å². The molecule has 0 radical (unpaired) electrons. The summed E-state index contributed by atoms with van der Waals surface area (Å²) in [6.45, 7) is 3.04. The third kappa shape index (κ3) is 3.02. The molecule has 1 rings (SSSR count). The molecular weight excluding hydrogens is 200 g/mol. The van der Waals surface area contributed by atoms with E-state index in [0.717, 1.165) is 17.7 Å². The van der Waals surface area contributed by atoms with E-state index in [1.54, 1.807) is 0 Å². The number of carbonyl (C=O) groups is 3. The van der Waals surface area contributed by atoms with Crippen molar-refractivity contribution in [3.8, 4) is 0 Å². The fraction of sp³-hybridized carbons (Fsp3) is 0.667. The molecule has 0 saturated carbocycles. The van der Waals surface area contributed by atoms with Crippen LogP contribution in [0.25, 0.3) is 0 Å². The maximum atomic E-state index is 11.1. The number of amides is 4. The first-order chi connectivity index (χ1) is 7.16. The van der Waals surface area contributed by atoms with Crippen molar-refractivity contribution < 1.29 is 19.1 Å². The van der Waals surface area contributed by atoms with Gasteiger partial charge in [-0.1, -0.05) is 13.3 Å². The molecule has 4 amide bonds. The number of unbranched alkanes of at least 4 members (excludes halogenated alkanes) is 1. The number of carbonyl (C=O) groups excluding carboxylic acids is 3. The molecule has 1 saturated heterocycles. The van der Waals surface area contributed by atoms with Crippen LogP contribution in [-0.2, 0) is 14.3 Å². The van der Waals surface area contributed by atoms with Crippen LogP contribution in [-0.4, -0.2) is 42.5 Å². The van der Waals surface area contributed by atoms with E-state index in [9.17, 15) is 14.4 Å². The number of hydrogen-bond donors (Lipinski definition) is 1. The Morgan fingerprint density at radius 1 is 1.27 bits per heavy atom. The minimum absolute atomic E-state index is 0.125. The lowest BCUT2D eigenvalue weighted by Crippen LogP contribution is -2.34. The summed E-state index contributed by atoms with van der Waals surface area (Å²) in [6, 6.07) is -0.663. The summed E-state index contributed by atoms with van der Waals surface area (Å²) in [4.78, 5) is 33.7. The van der Waals surface area contributed by atoms with Crippen molar-refractivity contribution in [2.75, 3.05) is 19.8 Å². The smallest absolute Gasteiger partial charge is 0.331 e. The van der Waals surface area contributed by atoms with Crippen LogP contribution in [0.3, 0.4) is 0 Å². The quantitative estimate of drug-likeness (QED) is 0.380. The lowest BCUT2D eigenvalue weighted by atomic mass is 10.4. The summed E-state index contributed by atoms with van der Waals surface area (Å²) in [7, 11) is 0. The van der Waals surface area contributed by atoms with Crippen molar-refractivity contribution in [2.45, 2.75) is 19.8 Å². The lowest BCUT2D eigenvalue weighted by Gasteiger charge is -2.10. The first kappa shape index (κ1) is 11.6. The summed E-state index contributed by atoms with van der Waals surface area (Å²) < 4.78 is 5.18. The van der Waals surface area contributed by atoms with Gasteiger partial charge in [0.25, 0.3) is 0 Å². The minimum Gasteiger partial charge on any atom is -0.380 e. The average molecular weight is 214 g/mol. The number of ether oxygens (including phenoxy) is 1. The van der Waals surface area contributed by atoms with Gasteiger partial charge in [0.05, 0.1) is 13.2 Å². The molecule has 1 heterocycles. The van der Waals surface area contributed by atoms with Gasteiger partial charge in [0.2, 0.25) is 0 Å². The van der Waals surface area contributed by atoms with Gasteiger partial charge in [0.1, 0.15) is 0 Å². The highest BCUT2D eigenvalue weighted by Gasteiger charge is 2.36. The molecular formula is C9H14N2O4. The number of rotatable bonds is 6. The van der Waals surface area contributed by atoms with Crippen molar-refractivity contribution >= 4 is 17.8 Å². The van der Waals surface area contributed by atoms with Crippen molar-refractivity contribution in [2.24, 2.45) is 0 Å². The molecule has 0 unspecified atom stereocenters. The highest BCUT2D eigenvalue weighted by atomic mass is 16.5. The zero-order valence-electron chi connectivity index (χ0n) is 8.62. The van der Waals surface area contributed by atoms with Crippen LogP contribution >= 0.6 is 0 Å². The highest BCUT2D eigenvalue weighted by Crippen LogP contribution is 1.99. The molecule has 0 aromatic carbocycles. The Hall–Kier alpha value is -1.43. The third-order valence-electron chi connectivity index (χ3n) is 2.01. The summed E-state index contributed by atoms with van der Waals surface area (Å²) in [5.41, 5.74) is 0. The van der Waals surface area contributed by atoms with Crippen LogP contribution in [0.2, 0.25) is 0 Å². The normalized spacial score (nSPS) is 16.1. The fourth-order valence-electron chi connectivity index (χ4n) is 1.14. The summed E-state index contributed by atoms with van der Waals surface area (Å²) >= 11 is 0. The van der Waals surface area contributed by atoms with Gasteiger partial charge in [-0.2, -0.15) is 0 Å². The second-order valence-corrected chi connectivity index (χ2v) is 3.18. The Labute approximate surface area is 87.6 Å². The van der Waals surface area contributed by atoms with E-state index in [-0.39, 0.29) is 13.2 Å². The molecule has 1 fully saturated rings. The molecule has 0 aromatic heterocycles. The minimum atomic E-state index is -0.867. The van der Waals surface area contributed by atoms with Gasteiger partial charge in [-0.3, -0.25) is 19.8 Å². The molecule has 6 heteroatoms. The van der Waals surface area contributed by atoms with E-state index in [1.165, 1.54) is 0 Å². The van der Waals surface area contributed by atoms with Crippen molar-refractivity contribution in [3.05, 3.63) is 0 Å². The number of hydrogen-bond acceptors (Lipinski definition) is 4. The molecule has 15 heavy (non-hydrogen) atoms. The van der Waals surface area contributed by atoms with Crippen LogP contribution < -0.4 is 5.32 Å². The average Bonchev–Trinajstić information content (AvgIpc) is 2.44. The standard InChI is InChI=1S/C9H14N2O4/c1-2-3-5-15-6-4-11-8(13)7(12)10-9(11)14/h2-6H2,1H3,(H,10,12,14). The van der Waals surface area contributed by atoms with Gasteiger partial charge in [0, 0.05) is 6.61 Å². The predicted molar refractivity (Wildman–Crippen MR) is 51.0 cm³/mol. The molecule has 84 valence electrons. The van der Waals surface area contributed by atoms with Gasteiger partial charge in [-0.05, 0) is 6.42 Å². The van der Waals surface area contributed by atoms with E-state index < -0.39 is 17.8 Å². The first-order valence-electron chi connectivity index (χ1n) is 4.91. The Balaban J connectivity index is 2.24. The van der Waals surface area contributed by atoms with E-state index in [4.69, 9.17) is 4.74 Å². The monoisotopic (exact) mass is 214 g/mol. The third-order valence-corrected chi connectivity index (χ3v) is 2.01. The Morgan fingerprint density at radius 2 is 2.00 bits per heavy atom. The SMILES string of the molecule is CCCCOCCN1C(=O)NC(=O)C1=O. The van der Waals surface area contributed by atoms with E-state index in [1.807, 2.05) is 12.2 Å². The fourth-order valence-corrected chi connectivity index (χ4v) is 1.14. The molecule has 1 aliphatic rings. The maximum absolute atomic E-state index is 11.1. The van der Waals surface area contributed by atoms with Crippen LogP contribution in [0.4, 0.5) is 4.79 Å². The second-order valence-electron chi connectivity index (χ2n) is 3.18. The van der Waals surface area contributed by atoms with Crippen molar-refractivity contribution in [1.82, 2.24) is 10.2 Å². The number of imide groups is 2. The van der Waals surface area contributed by atoms with Crippen molar-refractivity contribution in [1.29, 1.82) is 0 Å². The number of urea groups is 1. The largest absolute Gasteiger partial charge is 0.380 e. The van der Waals surface area contributed by atoms with E-state index >= 15 is 0 Å².